The number of carbonyl (C=O) groups excluding carboxylic acids is 2. The molecule has 3 aromatic carbocycles. The van der Waals surface area contributed by atoms with Gasteiger partial charge in [-0.2, -0.15) is 5.10 Å². The van der Waals surface area contributed by atoms with Gasteiger partial charge in [-0.1, -0.05) is 30.3 Å². The Morgan fingerprint density at radius 1 is 0.872 bits per heavy atom. The van der Waals surface area contributed by atoms with Crippen LogP contribution in [0.4, 0.5) is 0 Å². The molecule has 4 aromatic rings. The summed E-state index contributed by atoms with van der Waals surface area (Å²) in [5.74, 6) is 0.0913. The maximum atomic E-state index is 12.7. The van der Waals surface area contributed by atoms with Crippen molar-refractivity contribution in [3.8, 4) is 28.4 Å². The fraction of sp³-hybridized carbons (Fsp3) is 0.194. The van der Waals surface area contributed by atoms with Gasteiger partial charge in [0.2, 0.25) is 0 Å². The third-order valence-electron chi connectivity index (χ3n) is 5.83. The number of rotatable bonds is 11. The fourth-order valence-corrected chi connectivity index (χ4v) is 4.04. The molecule has 0 aliphatic carbocycles. The van der Waals surface area contributed by atoms with Gasteiger partial charge in [0.15, 0.2) is 18.1 Å². The maximum absolute atomic E-state index is 12.7. The Morgan fingerprint density at radius 2 is 1.64 bits per heavy atom. The monoisotopic (exact) mass is 525 g/mol. The zero-order chi connectivity index (χ0) is 27.6. The number of hydrogen-bond acceptors (Lipinski definition) is 6. The predicted molar refractivity (Wildman–Crippen MR) is 151 cm³/mol. The molecule has 0 saturated heterocycles. The zero-order valence-corrected chi connectivity index (χ0v) is 22.2. The van der Waals surface area contributed by atoms with Crippen LogP contribution >= 0.6 is 0 Å². The predicted octanol–water partition coefficient (Wildman–Crippen LogP) is 5.56. The number of hydrazone groups is 1. The fourth-order valence-electron chi connectivity index (χ4n) is 4.04. The average molecular weight is 526 g/mol. The van der Waals surface area contributed by atoms with Crippen LogP contribution in [0.2, 0.25) is 0 Å². The van der Waals surface area contributed by atoms with Gasteiger partial charge >= 0.3 is 5.97 Å². The van der Waals surface area contributed by atoms with E-state index in [-0.39, 0.29) is 19.1 Å². The van der Waals surface area contributed by atoms with Crippen LogP contribution in [0.3, 0.4) is 0 Å². The largest absolute Gasteiger partial charge is 0.490 e. The van der Waals surface area contributed by atoms with Gasteiger partial charge < -0.3 is 18.8 Å². The quantitative estimate of drug-likeness (QED) is 0.157. The molecule has 0 saturated carbocycles. The van der Waals surface area contributed by atoms with E-state index in [1.54, 1.807) is 37.3 Å². The van der Waals surface area contributed by atoms with E-state index in [9.17, 15) is 9.59 Å². The van der Waals surface area contributed by atoms with Gasteiger partial charge in [0.25, 0.3) is 5.91 Å². The highest BCUT2D eigenvalue weighted by Gasteiger charge is 2.12. The first-order chi connectivity index (χ1) is 19.0. The molecule has 1 aromatic heterocycles. The van der Waals surface area contributed by atoms with E-state index >= 15 is 0 Å². The summed E-state index contributed by atoms with van der Waals surface area (Å²) in [5.41, 5.74) is 8.00. The topological polar surface area (TPSA) is 91.2 Å². The molecule has 0 bridgehead atoms. The number of hydrogen-bond donors (Lipinski definition) is 1. The molecule has 0 fully saturated rings. The smallest absolute Gasteiger partial charge is 0.344 e. The van der Waals surface area contributed by atoms with Crippen molar-refractivity contribution in [2.24, 2.45) is 5.10 Å². The van der Waals surface area contributed by atoms with Crippen LogP contribution in [-0.2, 0) is 9.53 Å². The first-order valence-corrected chi connectivity index (χ1v) is 12.7. The van der Waals surface area contributed by atoms with Crippen molar-refractivity contribution in [1.82, 2.24) is 9.99 Å². The van der Waals surface area contributed by atoms with Crippen molar-refractivity contribution in [2.75, 3.05) is 19.8 Å². The number of ether oxygens (including phenoxy) is 3. The van der Waals surface area contributed by atoms with Crippen molar-refractivity contribution >= 4 is 18.1 Å². The molecular weight excluding hydrogens is 494 g/mol. The molecule has 0 aliphatic rings. The Balaban J connectivity index is 1.41. The molecule has 0 radical (unpaired) electrons. The summed E-state index contributed by atoms with van der Waals surface area (Å²) in [4.78, 5) is 24.3. The zero-order valence-electron chi connectivity index (χ0n) is 22.2. The van der Waals surface area contributed by atoms with E-state index in [2.05, 4.69) is 46.3 Å². The van der Waals surface area contributed by atoms with Gasteiger partial charge in [-0.15, -0.1) is 0 Å². The highest BCUT2D eigenvalue weighted by Crippen LogP contribution is 2.28. The number of carbonyl (C=O) groups is 2. The second-order valence-electron chi connectivity index (χ2n) is 8.54. The lowest BCUT2D eigenvalue weighted by Gasteiger charge is -2.13. The van der Waals surface area contributed by atoms with E-state index in [4.69, 9.17) is 14.2 Å². The van der Waals surface area contributed by atoms with Crippen LogP contribution in [0.1, 0.15) is 35.5 Å². The Kier molecular flexibility index (Phi) is 9.13. The van der Waals surface area contributed by atoms with Crippen LogP contribution < -0.4 is 14.9 Å². The van der Waals surface area contributed by atoms with E-state index < -0.39 is 5.97 Å². The third-order valence-corrected chi connectivity index (χ3v) is 5.83. The first kappa shape index (κ1) is 27.2. The van der Waals surface area contributed by atoms with E-state index in [0.29, 0.717) is 29.2 Å². The Bertz CT molecular complexity index is 1440. The molecule has 8 nitrogen and oxygen atoms in total. The third kappa shape index (κ3) is 6.93. The van der Waals surface area contributed by atoms with Crippen LogP contribution in [0.25, 0.3) is 16.9 Å². The van der Waals surface area contributed by atoms with Crippen molar-refractivity contribution in [2.45, 2.75) is 20.8 Å². The van der Waals surface area contributed by atoms with Crippen LogP contribution in [0, 0.1) is 6.92 Å². The highest BCUT2D eigenvalue weighted by atomic mass is 16.6. The minimum Gasteiger partial charge on any atom is -0.490 e. The summed E-state index contributed by atoms with van der Waals surface area (Å²) in [6, 6.07) is 26.9. The van der Waals surface area contributed by atoms with E-state index in [1.165, 1.54) is 6.21 Å². The molecule has 39 heavy (non-hydrogen) atoms. The molecule has 0 aliphatic heterocycles. The van der Waals surface area contributed by atoms with Gasteiger partial charge in [-0.25, -0.2) is 10.2 Å². The number of nitrogens with zero attached hydrogens (tertiary/aromatic N) is 2. The van der Waals surface area contributed by atoms with Crippen molar-refractivity contribution in [1.29, 1.82) is 0 Å². The molecule has 1 N–H and O–H groups in total. The Hall–Kier alpha value is -4.85. The SMILES string of the molecule is CCOC(=O)COc1ccc(/C=N/NC(=O)c2ccc(-n3c(C)ccc3-c3ccccc3)cc2)cc1OCC. The number of aromatic nitrogens is 1. The van der Waals surface area contributed by atoms with Gasteiger partial charge in [-0.05, 0) is 86.5 Å². The van der Waals surface area contributed by atoms with Crippen molar-refractivity contribution < 1.29 is 23.8 Å². The van der Waals surface area contributed by atoms with Gasteiger partial charge in [0.05, 0.1) is 25.1 Å². The summed E-state index contributed by atoms with van der Waals surface area (Å²) in [5, 5.41) is 4.09. The van der Waals surface area contributed by atoms with E-state index in [1.807, 2.05) is 37.3 Å². The van der Waals surface area contributed by atoms with Gasteiger partial charge in [-0.3, -0.25) is 4.79 Å². The van der Waals surface area contributed by atoms with Crippen molar-refractivity contribution in [3.63, 3.8) is 0 Å². The minimum atomic E-state index is -0.457. The number of esters is 1. The number of aryl methyl sites for hydroxylation is 1. The number of benzene rings is 3. The lowest BCUT2D eigenvalue weighted by Crippen LogP contribution is -2.17. The molecule has 4 rings (SSSR count). The molecule has 0 spiro atoms. The summed E-state index contributed by atoms with van der Waals surface area (Å²) < 4.78 is 18.2. The summed E-state index contributed by atoms with van der Waals surface area (Å²) >= 11 is 0. The molecule has 0 atom stereocenters. The highest BCUT2D eigenvalue weighted by molar-refractivity contribution is 5.95. The van der Waals surface area contributed by atoms with Gasteiger partial charge in [0.1, 0.15) is 0 Å². The number of amides is 1. The average Bonchev–Trinajstić information content (AvgIpc) is 3.34. The van der Waals surface area contributed by atoms with E-state index in [0.717, 1.165) is 22.6 Å². The summed E-state index contributed by atoms with van der Waals surface area (Å²) in [7, 11) is 0. The van der Waals surface area contributed by atoms with Gasteiger partial charge in [0, 0.05) is 16.9 Å². The maximum Gasteiger partial charge on any atom is 0.344 e. The lowest BCUT2D eigenvalue weighted by molar-refractivity contribution is -0.145. The standard InChI is InChI=1S/C31H31N3O5/c1-4-37-29-19-23(12-18-28(29)39-21-30(35)38-5-2)20-32-33-31(36)25-13-15-26(16-14-25)34-22(3)11-17-27(34)24-9-7-6-8-10-24/h6-20H,4-5,21H2,1-3H3,(H,33,36)/b32-20+. The first-order valence-electron chi connectivity index (χ1n) is 12.7. The summed E-state index contributed by atoms with van der Waals surface area (Å²) in [6.45, 7) is 6.12. The Morgan fingerprint density at radius 3 is 2.36 bits per heavy atom. The van der Waals surface area contributed by atoms with Crippen LogP contribution in [-0.4, -0.2) is 42.5 Å². The van der Waals surface area contributed by atoms with Crippen LogP contribution in [0.5, 0.6) is 11.5 Å². The molecule has 200 valence electrons. The normalized spacial score (nSPS) is 10.8. The number of nitrogens with one attached hydrogen (secondary N) is 1. The second kappa shape index (κ2) is 13.1. The van der Waals surface area contributed by atoms with Crippen molar-refractivity contribution in [3.05, 3.63) is 102 Å². The molecule has 1 heterocycles. The molecule has 0 unspecified atom stereocenters. The Labute approximate surface area is 227 Å². The summed E-state index contributed by atoms with van der Waals surface area (Å²) in [6.07, 6.45) is 1.51. The second-order valence-corrected chi connectivity index (χ2v) is 8.54. The van der Waals surface area contributed by atoms with Crippen LogP contribution in [0.15, 0.2) is 90.0 Å². The molecule has 1 amide bonds. The molecular formula is C31H31N3O5. The molecule has 8 heteroatoms. The lowest BCUT2D eigenvalue weighted by atomic mass is 10.1. The minimum absolute atomic E-state index is 0.215.